The summed E-state index contributed by atoms with van der Waals surface area (Å²) in [5.41, 5.74) is 1.98. The summed E-state index contributed by atoms with van der Waals surface area (Å²) in [6.07, 6.45) is 1.39. The molecule has 0 radical (unpaired) electrons. The third-order valence-electron chi connectivity index (χ3n) is 4.68. The number of hydrogen-bond donors (Lipinski definition) is 2. The molecule has 3 N–H and O–H groups in total. The van der Waals surface area contributed by atoms with E-state index in [-0.39, 0.29) is 17.6 Å². The smallest absolute Gasteiger partial charge is 0.234 e. The molecule has 4 rings (SSSR count). The summed E-state index contributed by atoms with van der Waals surface area (Å²) in [4.78, 5) is 26.1. The van der Waals surface area contributed by atoms with E-state index in [4.69, 9.17) is 29.0 Å². The molecular formula is C20H18Cl2N6O2S. The van der Waals surface area contributed by atoms with Crippen LogP contribution in [0.2, 0.25) is 10.0 Å². The minimum absolute atomic E-state index is 0.0799. The third-order valence-corrected chi connectivity index (χ3v) is 6.17. The van der Waals surface area contributed by atoms with E-state index in [1.807, 2.05) is 12.1 Å². The molecule has 2 amide bonds. The molecule has 0 atom stereocenters. The van der Waals surface area contributed by atoms with Crippen LogP contribution >= 0.6 is 35.0 Å². The van der Waals surface area contributed by atoms with Crippen molar-refractivity contribution in [2.24, 2.45) is 0 Å². The monoisotopic (exact) mass is 476 g/mol. The molecule has 1 saturated heterocycles. The highest BCUT2D eigenvalue weighted by Gasteiger charge is 2.22. The van der Waals surface area contributed by atoms with Crippen molar-refractivity contribution in [2.75, 3.05) is 28.4 Å². The van der Waals surface area contributed by atoms with Crippen LogP contribution in [0.1, 0.15) is 12.8 Å². The maximum absolute atomic E-state index is 12.4. The topological polar surface area (TPSA) is 106 Å². The van der Waals surface area contributed by atoms with Crippen molar-refractivity contribution in [1.82, 2.24) is 14.9 Å². The molecule has 31 heavy (non-hydrogen) atoms. The van der Waals surface area contributed by atoms with Crippen molar-refractivity contribution < 1.29 is 9.59 Å². The van der Waals surface area contributed by atoms with Crippen LogP contribution in [0.15, 0.2) is 47.6 Å². The number of anilines is 2. The van der Waals surface area contributed by atoms with E-state index in [1.165, 1.54) is 4.68 Å². The maximum atomic E-state index is 12.4. The first-order valence-corrected chi connectivity index (χ1v) is 11.2. The molecule has 0 saturated carbocycles. The molecule has 1 fully saturated rings. The molecule has 2 heterocycles. The lowest BCUT2D eigenvalue weighted by atomic mass is 10.2. The number of nitrogen functional groups attached to an aromatic ring is 1. The Bertz CT molecular complexity index is 1150. The fourth-order valence-electron chi connectivity index (χ4n) is 3.23. The largest absolute Gasteiger partial charge is 0.335 e. The van der Waals surface area contributed by atoms with E-state index in [1.54, 1.807) is 35.2 Å². The van der Waals surface area contributed by atoms with Gasteiger partial charge in [-0.1, -0.05) is 41.0 Å². The van der Waals surface area contributed by atoms with Gasteiger partial charge in [-0.15, -0.1) is 10.2 Å². The summed E-state index contributed by atoms with van der Waals surface area (Å²) in [5.74, 6) is 6.40. The van der Waals surface area contributed by atoms with E-state index in [0.29, 0.717) is 45.2 Å². The van der Waals surface area contributed by atoms with Crippen LogP contribution in [0.4, 0.5) is 11.4 Å². The number of aromatic nitrogens is 3. The normalized spacial score (nSPS) is 13.6. The Morgan fingerprint density at radius 2 is 2.03 bits per heavy atom. The SMILES string of the molecule is Nn1c(SCC(=O)Nc2cccc(N3CCCC3=O)c2)nnc1-c1ccc(Cl)cc1Cl. The van der Waals surface area contributed by atoms with Gasteiger partial charge in [0.05, 0.1) is 10.8 Å². The molecule has 1 aliphatic heterocycles. The van der Waals surface area contributed by atoms with E-state index < -0.39 is 0 Å². The molecule has 11 heteroatoms. The van der Waals surface area contributed by atoms with Gasteiger partial charge in [0.25, 0.3) is 0 Å². The summed E-state index contributed by atoms with van der Waals surface area (Å²) >= 11 is 13.3. The van der Waals surface area contributed by atoms with Crippen molar-refractivity contribution in [3.8, 4) is 11.4 Å². The second-order valence-corrected chi connectivity index (χ2v) is 8.62. The molecule has 0 spiro atoms. The van der Waals surface area contributed by atoms with Gasteiger partial charge in [-0.25, -0.2) is 4.68 Å². The third kappa shape index (κ3) is 4.79. The first kappa shape index (κ1) is 21.5. The quantitative estimate of drug-likeness (QED) is 0.413. The average molecular weight is 477 g/mol. The van der Waals surface area contributed by atoms with Gasteiger partial charge in [0, 0.05) is 34.9 Å². The van der Waals surface area contributed by atoms with E-state index in [0.717, 1.165) is 23.9 Å². The second-order valence-electron chi connectivity index (χ2n) is 6.84. The summed E-state index contributed by atoms with van der Waals surface area (Å²) in [7, 11) is 0. The number of benzene rings is 2. The van der Waals surface area contributed by atoms with E-state index in [9.17, 15) is 9.59 Å². The number of carbonyl (C=O) groups is 2. The number of rotatable bonds is 6. The Kier molecular flexibility index (Phi) is 6.35. The van der Waals surface area contributed by atoms with Gasteiger partial charge in [0.15, 0.2) is 5.82 Å². The number of thioether (sulfide) groups is 1. The Morgan fingerprint density at radius 1 is 1.19 bits per heavy atom. The standard InChI is InChI=1S/C20H18Cl2N6O2S/c21-12-6-7-15(16(22)9-12)19-25-26-20(28(19)23)31-11-17(29)24-13-3-1-4-14(10-13)27-8-2-5-18(27)30/h1,3-4,6-7,9-10H,2,5,8,11,23H2,(H,24,29). The summed E-state index contributed by atoms with van der Waals surface area (Å²) in [6, 6.07) is 12.2. The molecule has 0 aliphatic carbocycles. The number of nitrogens with two attached hydrogens (primary N) is 1. The van der Waals surface area contributed by atoms with E-state index >= 15 is 0 Å². The first-order valence-electron chi connectivity index (χ1n) is 9.41. The van der Waals surface area contributed by atoms with Crippen LogP contribution < -0.4 is 16.1 Å². The molecule has 2 aromatic carbocycles. The summed E-state index contributed by atoms with van der Waals surface area (Å²) in [5, 5.41) is 12.2. The molecule has 3 aromatic rings. The van der Waals surface area contributed by atoms with Crippen molar-refractivity contribution in [3.05, 3.63) is 52.5 Å². The number of halogens is 2. The fraction of sp³-hybridized carbons (Fsp3) is 0.200. The zero-order valence-electron chi connectivity index (χ0n) is 16.2. The number of nitrogens with zero attached hydrogens (tertiary/aromatic N) is 4. The zero-order valence-corrected chi connectivity index (χ0v) is 18.5. The van der Waals surface area contributed by atoms with Crippen molar-refractivity contribution in [3.63, 3.8) is 0 Å². The highest BCUT2D eigenvalue weighted by atomic mass is 35.5. The predicted octanol–water partition coefficient (Wildman–Crippen LogP) is 3.82. The first-order chi connectivity index (χ1) is 14.9. The van der Waals surface area contributed by atoms with Crippen LogP contribution in [0, 0.1) is 0 Å². The number of nitrogens with one attached hydrogen (secondary N) is 1. The minimum atomic E-state index is -0.232. The molecule has 0 bridgehead atoms. The molecule has 0 unspecified atom stereocenters. The van der Waals surface area contributed by atoms with Gasteiger partial charge in [-0.3, -0.25) is 9.59 Å². The Labute approximate surface area is 192 Å². The van der Waals surface area contributed by atoms with Gasteiger partial charge >= 0.3 is 0 Å². The molecule has 1 aliphatic rings. The Hall–Kier alpha value is -2.75. The fourth-order valence-corrected chi connectivity index (χ4v) is 4.38. The van der Waals surface area contributed by atoms with Crippen LogP contribution in [-0.4, -0.2) is 39.0 Å². The molecular weight excluding hydrogens is 459 g/mol. The molecule has 1 aromatic heterocycles. The van der Waals surface area contributed by atoms with Crippen LogP contribution in [0.25, 0.3) is 11.4 Å². The maximum Gasteiger partial charge on any atom is 0.234 e. The lowest BCUT2D eigenvalue weighted by Gasteiger charge is -2.16. The number of carbonyl (C=O) groups excluding carboxylic acids is 2. The van der Waals surface area contributed by atoms with Gasteiger partial charge in [0.2, 0.25) is 17.0 Å². The zero-order chi connectivity index (χ0) is 22.0. The van der Waals surface area contributed by atoms with Gasteiger partial charge < -0.3 is 16.1 Å². The van der Waals surface area contributed by atoms with Crippen LogP contribution in [0.5, 0.6) is 0 Å². The van der Waals surface area contributed by atoms with Gasteiger partial charge in [-0.05, 0) is 42.8 Å². The van der Waals surface area contributed by atoms with Crippen LogP contribution in [-0.2, 0) is 9.59 Å². The Morgan fingerprint density at radius 3 is 2.77 bits per heavy atom. The lowest BCUT2D eigenvalue weighted by Crippen LogP contribution is -2.24. The van der Waals surface area contributed by atoms with Crippen LogP contribution in [0.3, 0.4) is 0 Å². The van der Waals surface area contributed by atoms with Crippen molar-refractivity contribution in [1.29, 1.82) is 0 Å². The summed E-state index contributed by atoms with van der Waals surface area (Å²) < 4.78 is 1.28. The lowest BCUT2D eigenvalue weighted by molar-refractivity contribution is -0.117. The molecule has 160 valence electrons. The highest BCUT2D eigenvalue weighted by Crippen LogP contribution is 2.30. The van der Waals surface area contributed by atoms with Gasteiger partial charge in [0.1, 0.15) is 0 Å². The summed E-state index contributed by atoms with van der Waals surface area (Å²) in [6.45, 7) is 0.693. The minimum Gasteiger partial charge on any atom is -0.335 e. The number of amides is 2. The van der Waals surface area contributed by atoms with E-state index in [2.05, 4.69) is 15.5 Å². The average Bonchev–Trinajstić information content (AvgIpc) is 3.32. The predicted molar refractivity (Wildman–Crippen MR) is 123 cm³/mol. The van der Waals surface area contributed by atoms with Crippen molar-refractivity contribution in [2.45, 2.75) is 18.0 Å². The second kappa shape index (κ2) is 9.17. The highest BCUT2D eigenvalue weighted by molar-refractivity contribution is 7.99. The Balaban J connectivity index is 1.40. The number of hydrogen-bond acceptors (Lipinski definition) is 6. The molecule has 8 nitrogen and oxygen atoms in total. The van der Waals surface area contributed by atoms with Crippen molar-refractivity contribution >= 4 is 58.2 Å². The van der Waals surface area contributed by atoms with Gasteiger partial charge in [-0.2, -0.15) is 0 Å².